The Bertz CT molecular complexity index is 4170. The van der Waals surface area contributed by atoms with Crippen molar-refractivity contribution < 1.29 is 100 Å². The number of aliphatic hydroxyl groups excluding tert-OH is 1. The quantitative estimate of drug-likeness (QED) is 0.0145. The van der Waals surface area contributed by atoms with Gasteiger partial charge in [-0.25, -0.2) is 9.59 Å². The second kappa shape index (κ2) is 37.8. The Morgan fingerprint density at radius 2 is 1.06 bits per heavy atom. The Morgan fingerprint density at radius 1 is 0.532 bits per heavy atom. The average molecular weight is 1490 g/mol. The van der Waals surface area contributed by atoms with Crippen LogP contribution in [0.5, 0.6) is 0 Å². The molecule has 0 spiro atoms. The van der Waals surface area contributed by atoms with Crippen molar-refractivity contribution in [2.24, 2.45) is 0 Å². The van der Waals surface area contributed by atoms with Crippen LogP contribution < -0.4 is 16.0 Å². The summed E-state index contributed by atoms with van der Waals surface area (Å²) in [5, 5.41) is 33.9. The number of rotatable bonds is 33. The summed E-state index contributed by atoms with van der Waals surface area (Å²) in [6.45, 7) is 4.25. The maximum Gasteiger partial charge on any atom is 0.407 e. The van der Waals surface area contributed by atoms with Crippen molar-refractivity contribution in [2.45, 2.75) is 157 Å². The number of aliphatic hydroxyl groups is 2. The summed E-state index contributed by atoms with van der Waals surface area (Å²) in [4.78, 5) is 55.4. The highest BCUT2D eigenvalue weighted by Crippen LogP contribution is 2.45. The minimum Gasteiger partial charge on any atom is -0.460 e. The smallest absolute Gasteiger partial charge is 0.407 e. The molecular formula is C85H91N3O21. The number of amides is 3. The highest BCUT2D eigenvalue weighted by Gasteiger charge is 2.60. The molecule has 5 N–H and O–H groups in total. The van der Waals surface area contributed by atoms with Gasteiger partial charge < -0.3 is 97.2 Å². The van der Waals surface area contributed by atoms with Crippen LogP contribution in [0.25, 0.3) is 11.1 Å². The summed E-state index contributed by atoms with van der Waals surface area (Å²) in [6.07, 6.45) is -17.8. The summed E-state index contributed by atoms with van der Waals surface area (Å²) >= 11 is 0. The molecule has 8 aromatic carbocycles. The highest BCUT2D eigenvalue weighted by molar-refractivity contribution is 5.82. The molecule has 0 saturated carbocycles. The molecule has 4 aliphatic heterocycles. The summed E-state index contributed by atoms with van der Waals surface area (Å²) in [5.41, 5.74) is 5.87. The van der Waals surface area contributed by atoms with Crippen LogP contribution in [0, 0.1) is 0 Å². The van der Waals surface area contributed by atoms with Crippen molar-refractivity contribution in [1.82, 2.24) is 16.0 Å². The van der Waals surface area contributed by atoms with E-state index in [1.165, 1.54) is 13.0 Å². The molecule has 4 heterocycles. The van der Waals surface area contributed by atoms with Gasteiger partial charge in [0.15, 0.2) is 24.9 Å². The van der Waals surface area contributed by atoms with Gasteiger partial charge in [-0.1, -0.05) is 243 Å². The zero-order valence-corrected chi connectivity index (χ0v) is 60.5. The standard InChI is InChI=1S/C85H91N3O21/c1-4-43-96-79(92)67(87-84(93)104-49-66-64-41-25-23-39-62(64)63-40-24-26-42-65(63)66)50-103-83-85(94,88-55(3)90)78(100-48-60-35-19-9-20-36-60)72(91)68(107-83)52-102-81-71(86-54(2)89)75(97-45-57-29-13-6-14-30-57)73(69(105-81)51-95-44-56-27-11-5-12-28-56)109-82-77(99-47-59-33-17-8-18-34-59)76(98-46-58-31-15-7-16-32-58)74-70(106-82)53-101-80(108-74)61-37-21-10-22-38-61/h4-42,66-78,80-83,91,94H,1,43-53H2,2-3H3,(H,86,89)(H,87,93)(H,88,90)/t67-,68+,69+,70+,71+,72-,73+,74-,75+,76-,77+,78-,80?,81+,82-,83-,85+/m0/s1. The van der Waals surface area contributed by atoms with Crippen molar-refractivity contribution >= 4 is 23.9 Å². The molecule has 17 atom stereocenters. The Hall–Kier alpha value is -9.42. The molecule has 3 amide bonds. The predicted molar refractivity (Wildman–Crippen MR) is 394 cm³/mol. The van der Waals surface area contributed by atoms with E-state index in [9.17, 15) is 29.4 Å². The van der Waals surface area contributed by atoms with E-state index < -0.39 is 141 Å². The summed E-state index contributed by atoms with van der Waals surface area (Å²) in [7, 11) is 0. The zero-order chi connectivity index (χ0) is 75.5. The molecule has 0 bridgehead atoms. The SMILES string of the molecule is C=CCOC(=O)[C@H](CO[C@H]1O[C@H](CO[C@@H]2O[C@H](COCc3ccccc3)[C@@H](O[C@@H]3O[C@@H]4COC(c5ccccc5)O[C@@H]4[C@H](OCc4ccccc4)[C@H]3OCc3ccccc3)[C@H](OCc3ccccc3)[C@H]2NC(C)=O)[C@H](O)[C@H](OCc2ccccc2)[C@]1(O)NC(C)=O)NC(=O)OCC1c2ccccc2-c2ccccc21. The van der Waals surface area contributed by atoms with E-state index in [-0.39, 0.29) is 65.4 Å². The topological polar surface area (TPSA) is 283 Å². The Kier molecular flexibility index (Phi) is 27.0. The molecule has 4 saturated heterocycles. The number of alkyl carbamates (subject to hydrolysis) is 1. The van der Waals surface area contributed by atoms with Crippen LogP contribution in [0.1, 0.15) is 70.6 Å². The normalized spacial score (nSPS) is 26.7. The Balaban J connectivity index is 0.825. The van der Waals surface area contributed by atoms with Gasteiger partial charge in [0.2, 0.25) is 23.8 Å². The van der Waals surface area contributed by atoms with E-state index in [0.29, 0.717) is 5.56 Å². The van der Waals surface area contributed by atoms with Crippen LogP contribution >= 0.6 is 0 Å². The molecule has 0 radical (unpaired) electrons. The molecule has 13 rings (SSSR count). The first-order chi connectivity index (χ1) is 53.3. The second-order valence-corrected chi connectivity index (χ2v) is 27.2. The third-order valence-electron chi connectivity index (χ3n) is 19.4. The lowest BCUT2D eigenvalue weighted by Crippen LogP contribution is -2.74. The van der Waals surface area contributed by atoms with Crippen molar-refractivity contribution in [3.05, 3.63) is 288 Å². The fraction of sp³-hybridized carbons (Fsp3) is 0.365. The van der Waals surface area contributed by atoms with Gasteiger partial charge in [0, 0.05) is 25.3 Å². The van der Waals surface area contributed by atoms with E-state index >= 15 is 0 Å². The molecule has 24 heteroatoms. The molecule has 8 aromatic rings. The lowest BCUT2D eigenvalue weighted by Gasteiger charge is -2.52. The van der Waals surface area contributed by atoms with Crippen molar-refractivity contribution in [2.75, 3.05) is 39.6 Å². The summed E-state index contributed by atoms with van der Waals surface area (Å²) in [5.74, 6) is -2.66. The Labute approximate surface area is 632 Å². The molecule has 1 unspecified atom stereocenters. The van der Waals surface area contributed by atoms with Crippen LogP contribution in [0.2, 0.25) is 0 Å². The van der Waals surface area contributed by atoms with Gasteiger partial charge >= 0.3 is 12.1 Å². The maximum atomic E-state index is 14.0. The van der Waals surface area contributed by atoms with Gasteiger partial charge in [0.05, 0.1) is 59.5 Å². The van der Waals surface area contributed by atoms with Gasteiger partial charge in [-0.15, -0.1) is 0 Å². The monoisotopic (exact) mass is 1490 g/mol. The van der Waals surface area contributed by atoms with E-state index in [1.54, 1.807) is 30.3 Å². The molecule has 5 aliphatic rings. The van der Waals surface area contributed by atoms with Crippen molar-refractivity contribution in [1.29, 1.82) is 0 Å². The van der Waals surface area contributed by atoms with Gasteiger partial charge in [0.1, 0.15) is 80.3 Å². The van der Waals surface area contributed by atoms with Crippen LogP contribution in [-0.4, -0.2) is 171 Å². The largest absolute Gasteiger partial charge is 0.460 e. The first-order valence-corrected chi connectivity index (χ1v) is 36.5. The Morgan fingerprint density at radius 3 is 1.61 bits per heavy atom. The van der Waals surface area contributed by atoms with E-state index in [2.05, 4.69) is 22.5 Å². The van der Waals surface area contributed by atoms with E-state index in [1.807, 2.05) is 200 Å². The maximum absolute atomic E-state index is 14.0. The number of benzene rings is 8. The number of hydrogen-bond acceptors (Lipinski definition) is 21. The number of carbonyl (C=O) groups excluding carboxylic acids is 4. The lowest BCUT2D eigenvalue weighted by molar-refractivity contribution is -0.393. The zero-order valence-electron chi connectivity index (χ0n) is 60.5. The molecule has 109 heavy (non-hydrogen) atoms. The lowest BCUT2D eigenvalue weighted by atomic mass is 9.92. The molecule has 24 nitrogen and oxygen atoms in total. The predicted octanol–water partition coefficient (Wildman–Crippen LogP) is 9.58. The number of ether oxygens (including phenoxy) is 15. The van der Waals surface area contributed by atoms with Crippen molar-refractivity contribution in [3.63, 3.8) is 0 Å². The van der Waals surface area contributed by atoms with E-state index in [4.69, 9.17) is 71.1 Å². The van der Waals surface area contributed by atoms with Gasteiger partial charge in [-0.3, -0.25) is 9.59 Å². The fourth-order valence-electron chi connectivity index (χ4n) is 14.3. The minimum atomic E-state index is -2.76. The van der Waals surface area contributed by atoms with Crippen molar-refractivity contribution in [3.8, 4) is 11.1 Å². The first kappa shape index (κ1) is 77.7. The van der Waals surface area contributed by atoms with Crippen LogP contribution in [0.15, 0.2) is 243 Å². The van der Waals surface area contributed by atoms with Gasteiger partial charge in [0.25, 0.3) is 0 Å². The van der Waals surface area contributed by atoms with Gasteiger partial charge in [-0.2, -0.15) is 0 Å². The minimum absolute atomic E-state index is 0.0365. The number of nitrogens with one attached hydrogen (secondary N) is 3. The second-order valence-electron chi connectivity index (χ2n) is 27.2. The number of fused-ring (bicyclic) bond motifs is 4. The average Bonchev–Trinajstić information content (AvgIpc) is 1.41. The van der Waals surface area contributed by atoms with Crippen LogP contribution in [0.4, 0.5) is 4.79 Å². The van der Waals surface area contributed by atoms with E-state index in [0.717, 1.165) is 57.0 Å². The first-order valence-electron chi connectivity index (χ1n) is 36.5. The molecule has 572 valence electrons. The number of carbonyl (C=O) groups is 4. The van der Waals surface area contributed by atoms with Crippen LogP contribution in [0.3, 0.4) is 0 Å². The fourth-order valence-corrected chi connectivity index (χ4v) is 14.3. The molecule has 4 fully saturated rings. The van der Waals surface area contributed by atoms with Crippen LogP contribution in [-0.2, 0) is 118 Å². The summed E-state index contributed by atoms with van der Waals surface area (Å²) < 4.78 is 100. The number of hydrogen-bond donors (Lipinski definition) is 5. The third-order valence-corrected chi connectivity index (χ3v) is 19.4. The van der Waals surface area contributed by atoms with Gasteiger partial charge in [-0.05, 0) is 50.1 Å². The molecule has 1 aliphatic carbocycles. The highest BCUT2D eigenvalue weighted by atomic mass is 16.8. The number of esters is 1. The molecule has 0 aromatic heterocycles. The summed E-state index contributed by atoms with van der Waals surface area (Å²) in [6, 6.07) is 69.4. The third kappa shape index (κ3) is 19.8. The molecular weight excluding hydrogens is 1400 g/mol.